The van der Waals surface area contributed by atoms with E-state index < -0.39 is 48.9 Å². The second-order valence-corrected chi connectivity index (χ2v) is 22.5. The lowest BCUT2D eigenvalue weighted by Crippen LogP contribution is -2.38. The number of carbonyl (C=O) groups excluding carboxylic acids is 6. The molecule has 0 amide bonds. The predicted molar refractivity (Wildman–Crippen MR) is 315 cm³/mol. The zero-order chi connectivity index (χ0) is 59.6. The van der Waals surface area contributed by atoms with Gasteiger partial charge in [0, 0.05) is 15.9 Å². The molecule has 4 aromatic rings. The van der Waals surface area contributed by atoms with E-state index in [-0.39, 0.29) is 61.7 Å². The lowest BCUT2D eigenvalue weighted by atomic mass is 9.72. The number of thioether (sulfide) groups is 1. The standard InChI is InChI=1S/C23H33BO8.C16H19BO6.C16H16S2.C5H8O2/c1-7-23(5,15-22(3,4)20(26)28-6)21(27)30-13-12-29-19(25)17-8-10-18(11-9-17)24-31-14-16(2)32-24;1-11(2)15(18)20-8-9-21-16(19)13-4-6-14(7-5-13)17-22-10-12(3)23-17;1-16(2,14-11-7-4-8-12-14)18-15(17)13-9-5-3-6-10-13;1-4(2)5(6)7-3/h8-11,16H,7,12-15H2,1-6H3;4-7,12H,1,8-10H2,2-3H3;3-12H,1-2H3;1H2,2-3H3. The molecule has 4 aromatic carbocycles. The monoisotopic (exact) mass is 1140 g/mol. The summed E-state index contributed by atoms with van der Waals surface area (Å²) >= 11 is 7.27. The molecule has 2 saturated heterocycles. The van der Waals surface area contributed by atoms with Crippen molar-refractivity contribution in [3.8, 4) is 0 Å². The maximum atomic E-state index is 12.6. The van der Waals surface area contributed by atoms with Gasteiger partial charge >= 0.3 is 50.1 Å². The number of esters is 6. The van der Waals surface area contributed by atoms with E-state index in [0.717, 1.165) is 20.7 Å². The van der Waals surface area contributed by atoms with E-state index in [1.807, 2.05) is 45.0 Å². The van der Waals surface area contributed by atoms with Crippen LogP contribution in [0.5, 0.6) is 0 Å². The first kappa shape index (κ1) is 67.9. The molecule has 2 aliphatic rings. The Kier molecular flexibility index (Phi) is 28.3. The fourth-order valence-corrected chi connectivity index (χ4v) is 9.26. The Labute approximate surface area is 482 Å². The summed E-state index contributed by atoms with van der Waals surface area (Å²) in [5.74, 6) is -2.67. The normalized spacial score (nSPS) is 15.3. The Morgan fingerprint density at radius 2 is 1.01 bits per heavy atom. The van der Waals surface area contributed by atoms with Gasteiger partial charge in [-0.25, -0.2) is 19.2 Å². The molecule has 3 atom stereocenters. The van der Waals surface area contributed by atoms with Crippen molar-refractivity contribution in [3.05, 3.63) is 156 Å². The molecule has 0 radical (unpaired) electrons. The fourth-order valence-electron chi connectivity index (χ4n) is 7.53. The number of carbonyl (C=O) groups is 6. The van der Waals surface area contributed by atoms with Crippen LogP contribution in [0.15, 0.2) is 133 Å². The van der Waals surface area contributed by atoms with Gasteiger partial charge in [-0.2, -0.15) is 0 Å². The maximum absolute atomic E-state index is 12.6. The summed E-state index contributed by atoms with van der Waals surface area (Å²) in [6.07, 6.45) is 0.868. The van der Waals surface area contributed by atoms with Gasteiger partial charge < -0.3 is 47.0 Å². The minimum Gasteiger partial charge on any atom is -0.469 e. The third-order valence-corrected chi connectivity index (χ3v) is 13.8. The molecule has 0 N–H and O–H groups in total. The van der Waals surface area contributed by atoms with Crippen LogP contribution >= 0.6 is 24.0 Å². The molecule has 6 rings (SSSR count). The van der Waals surface area contributed by atoms with Gasteiger partial charge in [-0.1, -0.05) is 117 Å². The number of hydrogen-bond acceptors (Lipinski definition) is 18. The van der Waals surface area contributed by atoms with Crippen LogP contribution < -0.4 is 10.9 Å². The van der Waals surface area contributed by atoms with Crippen molar-refractivity contribution in [2.45, 2.75) is 99.0 Å². The van der Waals surface area contributed by atoms with Crippen molar-refractivity contribution in [2.75, 3.05) is 53.9 Å². The summed E-state index contributed by atoms with van der Waals surface area (Å²) in [5.41, 5.74) is 3.93. The fraction of sp³-hybridized carbons (Fsp3) is 0.417. The van der Waals surface area contributed by atoms with Gasteiger partial charge in [-0.15, -0.1) is 11.8 Å². The number of hydrogen-bond donors (Lipinski definition) is 0. The molecule has 20 heteroatoms. The number of ether oxygens (including phenoxy) is 6. The van der Waals surface area contributed by atoms with E-state index in [1.54, 1.807) is 94.9 Å². The van der Waals surface area contributed by atoms with Gasteiger partial charge in [-0.05, 0) is 121 Å². The highest BCUT2D eigenvalue weighted by Gasteiger charge is 2.43. The Hall–Kier alpha value is -6.41. The van der Waals surface area contributed by atoms with Crippen molar-refractivity contribution >= 4 is 89.2 Å². The Balaban J connectivity index is 0.000000307. The second-order valence-electron chi connectivity index (χ2n) is 20.2. The number of rotatable bonds is 20. The van der Waals surface area contributed by atoms with Crippen LogP contribution in [-0.2, 0) is 71.0 Å². The second kappa shape index (κ2) is 33.4. The van der Waals surface area contributed by atoms with Crippen LogP contribution in [-0.4, -0.2) is 120 Å². The molecule has 80 heavy (non-hydrogen) atoms. The third kappa shape index (κ3) is 22.6. The number of benzene rings is 4. The molecule has 0 saturated carbocycles. The highest BCUT2D eigenvalue weighted by molar-refractivity contribution is 8.24. The largest absolute Gasteiger partial charge is 0.494 e. The minimum absolute atomic E-state index is 0.00282. The third-order valence-electron chi connectivity index (χ3n) is 12.2. The van der Waals surface area contributed by atoms with E-state index in [4.69, 9.17) is 54.5 Å². The van der Waals surface area contributed by atoms with Crippen LogP contribution in [0.2, 0.25) is 0 Å². The average molecular weight is 1140 g/mol. The van der Waals surface area contributed by atoms with Crippen LogP contribution in [0.4, 0.5) is 0 Å². The van der Waals surface area contributed by atoms with Gasteiger partial charge in [0.2, 0.25) is 0 Å². The van der Waals surface area contributed by atoms with E-state index in [2.05, 4.69) is 68.1 Å². The van der Waals surface area contributed by atoms with Crippen LogP contribution in [0.25, 0.3) is 0 Å². The average Bonchev–Trinajstić information content (AvgIpc) is 4.11. The highest BCUT2D eigenvalue weighted by Crippen LogP contribution is 2.39. The molecule has 2 fully saturated rings. The van der Waals surface area contributed by atoms with Gasteiger partial charge in [0.25, 0.3) is 0 Å². The smallest absolute Gasteiger partial charge is 0.469 e. The van der Waals surface area contributed by atoms with E-state index in [0.29, 0.717) is 41.9 Å². The number of methoxy groups -OCH3 is 2. The highest BCUT2D eigenvalue weighted by atomic mass is 32.2. The van der Waals surface area contributed by atoms with Crippen LogP contribution in [0.1, 0.15) is 114 Å². The molecule has 430 valence electrons. The number of thiocarbonyl (C=S) groups is 1. The van der Waals surface area contributed by atoms with Crippen LogP contribution in [0, 0.1) is 10.8 Å². The van der Waals surface area contributed by atoms with Gasteiger partial charge in [-0.3, -0.25) is 9.59 Å². The minimum atomic E-state index is -0.862. The maximum Gasteiger partial charge on any atom is 0.494 e. The zero-order valence-electron chi connectivity index (χ0n) is 48.1. The summed E-state index contributed by atoms with van der Waals surface area (Å²) in [5, 5.41) is 0. The predicted octanol–water partition coefficient (Wildman–Crippen LogP) is 9.38. The molecule has 0 bridgehead atoms. The van der Waals surface area contributed by atoms with Crippen molar-refractivity contribution < 1.29 is 75.8 Å². The van der Waals surface area contributed by atoms with Gasteiger partial charge in [0.1, 0.15) is 26.4 Å². The first-order valence-corrected chi connectivity index (χ1v) is 27.2. The molecule has 16 nitrogen and oxygen atoms in total. The summed E-state index contributed by atoms with van der Waals surface area (Å²) in [4.78, 5) is 70.1. The molecular formula is C60H76B2O16S2. The van der Waals surface area contributed by atoms with Crippen LogP contribution in [0.3, 0.4) is 0 Å². The summed E-state index contributed by atoms with van der Waals surface area (Å²) < 4.78 is 52.7. The first-order chi connectivity index (χ1) is 37.8. The van der Waals surface area contributed by atoms with Crippen molar-refractivity contribution in [2.24, 2.45) is 10.8 Å². The molecule has 0 aromatic heterocycles. The van der Waals surface area contributed by atoms with Crippen molar-refractivity contribution in [3.63, 3.8) is 0 Å². The van der Waals surface area contributed by atoms with Crippen molar-refractivity contribution in [1.29, 1.82) is 0 Å². The Morgan fingerprint density at radius 1 is 0.588 bits per heavy atom. The molecule has 2 aliphatic heterocycles. The van der Waals surface area contributed by atoms with E-state index in [1.165, 1.54) is 19.8 Å². The molecular weight excluding hydrogens is 1060 g/mol. The molecule has 0 spiro atoms. The summed E-state index contributed by atoms with van der Waals surface area (Å²) in [6.45, 7) is 26.3. The summed E-state index contributed by atoms with van der Waals surface area (Å²) in [6, 6.07) is 34.3. The lowest BCUT2D eigenvalue weighted by molar-refractivity contribution is -0.162. The molecule has 2 heterocycles. The lowest BCUT2D eigenvalue weighted by Gasteiger charge is -2.33. The Morgan fingerprint density at radius 3 is 1.39 bits per heavy atom. The summed E-state index contributed by atoms with van der Waals surface area (Å²) in [7, 11) is 1.84. The Bertz CT molecular complexity index is 2680. The van der Waals surface area contributed by atoms with Gasteiger partial charge in [0.05, 0.1) is 65.8 Å². The SMILES string of the molecule is C=C(C)C(=O)OC.C=C(C)C(=O)OCCOC(=O)c1ccc(B2OCC(C)O2)cc1.CC(C)(SC(=S)c1ccccc1)c1ccccc1.CCC(C)(CC(C)(C)C(=O)OC)C(=O)OCCOC(=O)c1ccc(B2OCC(C)O2)cc1. The van der Waals surface area contributed by atoms with Gasteiger partial charge in [0.15, 0.2) is 0 Å². The molecule has 3 unspecified atom stereocenters. The van der Waals surface area contributed by atoms with E-state index in [9.17, 15) is 28.8 Å². The van der Waals surface area contributed by atoms with E-state index >= 15 is 0 Å². The first-order valence-electron chi connectivity index (χ1n) is 26.0. The van der Waals surface area contributed by atoms with Crippen molar-refractivity contribution in [1.82, 2.24) is 0 Å². The quantitative estimate of drug-likeness (QED) is 0.0203. The molecule has 0 aliphatic carbocycles. The zero-order valence-corrected chi connectivity index (χ0v) is 49.8. The topological polar surface area (TPSA) is 195 Å².